The molecule has 0 amide bonds. The van der Waals surface area contributed by atoms with Gasteiger partial charge in [-0.2, -0.15) is 5.10 Å². The highest BCUT2D eigenvalue weighted by molar-refractivity contribution is 6.17. The van der Waals surface area contributed by atoms with Crippen LogP contribution in [-0.2, 0) is 0 Å². The summed E-state index contributed by atoms with van der Waals surface area (Å²) in [6.07, 6.45) is 8.91. The minimum absolute atomic E-state index is 0.0787. The zero-order valence-electron chi connectivity index (χ0n) is 17.1. The molecule has 0 saturated carbocycles. The van der Waals surface area contributed by atoms with Gasteiger partial charge in [-0.05, 0) is 74.5 Å². The molecular formula is C25H20N2O4. The molecule has 0 spiro atoms. The first kappa shape index (κ1) is 20.1. The molecule has 31 heavy (non-hydrogen) atoms. The summed E-state index contributed by atoms with van der Waals surface area (Å²) in [5, 5.41) is 4.48. The molecule has 0 aliphatic rings. The number of benzene rings is 1. The van der Waals surface area contributed by atoms with Crippen molar-refractivity contribution < 1.29 is 18.4 Å². The fourth-order valence-electron chi connectivity index (χ4n) is 3.16. The number of carbonyl (C=O) groups excluding carboxylic acids is 2. The first-order valence-electron chi connectivity index (χ1n) is 9.71. The molecule has 0 atom stereocenters. The number of rotatable bonds is 7. The van der Waals surface area contributed by atoms with Crippen LogP contribution in [0, 0.1) is 13.8 Å². The second kappa shape index (κ2) is 8.67. The van der Waals surface area contributed by atoms with Crippen LogP contribution in [-0.4, -0.2) is 21.3 Å². The van der Waals surface area contributed by atoms with E-state index in [-0.39, 0.29) is 22.8 Å². The Morgan fingerprint density at radius 2 is 1.42 bits per heavy atom. The van der Waals surface area contributed by atoms with E-state index in [1.54, 1.807) is 48.0 Å². The van der Waals surface area contributed by atoms with Crippen LogP contribution in [0.4, 0.5) is 0 Å². The average molecular weight is 412 g/mol. The number of allylic oxidation sites excluding steroid dienone is 2. The number of ketones is 2. The van der Waals surface area contributed by atoms with E-state index >= 15 is 0 Å². The second-order valence-corrected chi connectivity index (χ2v) is 6.98. The molecule has 4 aromatic rings. The van der Waals surface area contributed by atoms with Crippen LogP contribution >= 0.6 is 0 Å². The summed E-state index contributed by atoms with van der Waals surface area (Å²) in [5.74, 6) is 0.360. The molecule has 0 unspecified atom stereocenters. The summed E-state index contributed by atoms with van der Waals surface area (Å²) in [7, 11) is 0. The van der Waals surface area contributed by atoms with Gasteiger partial charge in [-0.1, -0.05) is 17.7 Å². The van der Waals surface area contributed by atoms with Crippen molar-refractivity contribution in [3.05, 3.63) is 107 Å². The fourth-order valence-corrected chi connectivity index (χ4v) is 3.16. The number of aryl methyl sites for hydroxylation is 1. The molecule has 0 N–H and O–H groups in total. The highest BCUT2D eigenvalue weighted by Gasteiger charge is 2.24. The predicted octanol–water partition coefficient (Wildman–Crippen LogP) is 5.47. The molecule has 154 valence electrons. The van der Waals surface area contributed by atoms with Gasteiger partial charge in [0.25, 0.3) is 0 Å². The van der Waals surface area contributed by atoms with Gasteiger partial charge in [0, 0.05) is 0 Å². The monoisotopic (exact) mass is 412 g/mol. The molecule has 3 heterocycles. The molecule has 6 heteroatoms. The molecule has 0 bridgehead atoms. The number of aromatic nitrogens is 2. The summed E-state index contributed by atoms with van der Waals surface area (Å²) in [5.41, 5.74) is 2.77. The number of furan rings is 2. The number of carbonyl (C=O) groups is 2. The average Bonchev–Trinajstić information content (AvgIpc) is 3.52. The van der Waals surface area contributed by atoms with Crippen LogP contribution < -0.4 is 0 Å². The van der Waals surface area contributed by atoms with Crippen LogP contribution in [0.2, 0.25) is 0 Å². The van der Waals surface area contributed by atoms with E-state index in [4.69, 9.17) is 8.83 Å². The summed E-state index contributed by atoms with van der Waals surface area (Å²) < 4.78 is 12.1. The lowest BCUT2D eigenvalue weighted by Gasteiger charge is -2.05. The molecule has 3 aromatic heterocycles. The minimum atomic E-state index is -0.389. The number of nitrogens with zero attached hydrogens (tertiary/aromatic N) is 2. The van der Waals surface area contributed by atoms with Crippen LogP contribution in [0.1, 0.15) is 43.6 Å². The number of hydrogen-bond donors (Lipinski definition) is 0. The van der Waals surface area contributed by atoms with Gasteiger partial charge in [-0.15, -0.1) is 0 Å². The largest absolute Gasteiger partial charge is 0.465 e. The Labute approximate surface area is 179 Å². The third-order valence-corrected chi connectivity index (χ3v) is 4.76. The van der Waals surface area contributed by atoms with E-state index in [1.807, 2.05) is 31.2 Å². The zero-order valence-corrected chi connectivity index (χ0v) is 17.1. The van der Waals surface area contributed by atoms with E-state index < -0.39 is 0 Å². The van der Waals surface area contributed by atoms with Crippen molar-refractivity contribution in [2.75, 3.05) is 0 Å². The van der Waals surface area contributed by atoms with Crippen molar-refractivity contribution in [3.8, 4) is 5.69 Å². The van der Waals surface area contributed by atoms with Crippen molar-refractivity contribution in [2.45, 2.75) is 13.8 Å². The summed E-state index contributed by atoms with van der Waals surface area (Å²) in [4.78, 5) is 26.0. The molecule has 4 rings (SSSR count). The van der Waals surface area contributed by atoms with Gasteiger partial charge in [0.1, 0.15) is 17.2 Å². The Morgan fingerprint density at radius 3 is 1.97 bits per heavy atom. The van der Waals surface area contributed by atoms with Crippen molar-refractivity contribution in [2.24, 2.45) is 0 Å². The Balaban J connectivity index is 1.75. The van der Waals surface area contributed by atoms with Gasteiger partial charge >= 0.3 is 0 Å². The van der Waals surface area contributed by atoms with Gasteiger partial charge in [-0.3, -0.25) is 9.59 Å². The van der Waals surface area contributed by atoms with E-state index in [2.05, 4.69) is 5.10 Å². The maximum absolute atomic E-state index is 13.0. The van der Waals surface area contributed by atoms with Crippen molar-refractivity contribution in [3.63, 3.8) is 0 Å². The predicted molar refractivity (Wildman–Crippen MR) is 117 cm³/mol. The maximum atomic E-state index is 13.0. The Bertz CT molecular complexity index is 1260. The maximum Gasteiger partial charge on any atom is 0.206 e. The van der Waals surface area contributed by atoms with E-state index in [0.29, 0.717) is 17.2 Å². The summed E-state index contributed by atoms with van der Waals surface area (Å²) >= 11 is 0. The highest BCUT2D eigenvalue weighted by atomic mass is 16.3. The van der Waals surface area contributed by atoms with Crippen molar-refractivity contribution in [1.82, 2.24) is 9.78 Å². The normalized spacial score (nSPS) is 11.5. The molecule has 6 nitrogen and oxygen atoms in total. The minimum Gasteiger partial charge on any atom is -0.465 e. The smallest absolute Gasteiger partial charge is 0.206 e. The highest BCUT2D eigenvalue weighted by Crippen LogP contribution is 2.22. The summed E-state index contributed by atoms with van der Waals surface area (Å²) in [6.45, 7) is 3.76. The lowest BCUT2D eigenvalue weighted by Crippen LogP contribution is -2.05. The lowest BCUT2D eigenvalue weighted by molar-refractivity contribution is 0.101. The van der Waals surface area contributed by atoms with Gasteiger partial charge in [0.2, 0.25) is 5.78 Å². The SMILES string of the molecule is Cc1ccc(-n2nc(C(=O)/C=C/c3ccco3)c(C(=O)/C=C/c3ccco3)c2C)cc1. The molecule has 0 saturated heterocycles. The van der Waals surface area contributed by atoms with E-state index in [9.17, 15) is 9.59 Å². The summed E-state index contributed by atoms with van der Waals surface area (Å²) in [6, 6.07) is 14.6. The van der Waals surface area contributed by atoms with Crippen LogP contribution in [0.25, 0.3) is 17.8 Å². The molecule has 1 aromatic carbocycles. The van der Waals surface area contributed by atoms with E-state index in [0.717, 1.165) is 11.3 Å². The van der Waals surface area contributed by atoms with Crippen molar-refractivity contribution >= 4 is 23.7 Å². The molecule has 0 fully saturated rings. The lowest BCUT2D eigenvalue weighted by atomic mass is 10.0. The topological polar surface area (TPSA) is 78.2 Å². The van der Waals surface area contributed by atoms with Gasteiger partial charge in [0.05, 0.1) is 29.5 Å². The Kier molecular flexibility index (Phi) is 5.62. The van der Waals surface area contributed by atoms with Crippen LogP contribution in [0.5, 0.6) is 0 Å². The third-order valence-electron chi connectivity index (χ3n) is 4.76. The van der Waals surface area contributed by atoms with E-state index in [1.165, 1.54) is 24.7 Å². The molecular weight excluding hydrogens is 392 g/mol. The molecule has 0 aliphatic heterocycles. The second-order valence-electron chi connectivity index (χ2n) is 6.98. The zero-order chi connectivity index (χ0) is 21.8. The fraction of sp³-hybridized carbons (Fsp3) is 0.0800. The Morgan fingerprint density at radius 1 is 0.839 bits per heavy atom. The van der Waals surface area contributed by atoms with Gasteiger partial charge < -0.3 is 8.83 Å². The van der Waals surface area contributed by atoms with Gasteiger partial charge in [-0.25, -0.2) is 4.68 Å². The first-order valence-corrected chi connectivity index (χ1v) is 9.71. The third kappa shape index (κ3) is 4.38. The first-order chi connectivity index (χ1) is 15.0. The van der Waals surface area contributed by atoms with Gasteiger partial charge in [0.15, 0.2) is 5.78 Å². The van der Waals surface area contributed by atoms with Crippen molar-refractivity contribution in [1.29, 1.82) is 0 Å². The Hall–Kier alpha value is -4.19. The standard InChI is InChI=1S/C25H20N2O4/c1-17-7-9-19(10-8-17)27-18(2)24(22(28)13-11-20-5-3-15-30-20)25(26-27)23(29)14-12-21-6-4-16-31-21/h3-16H,1-2H3/b13-11+,14-12+. The van der Waals surface area contributed by atoms with Crippen LogP contribution in [0.15, 0.2) is 82.0 Å². The van der Waals surface area contributed by atoms with Crippen LogP contribution in [0.3, 0.4) is 0 Å². The molecule has 0 aliphatic carbocycles. The quantitative estimate of drug-likeness (QED) is 0.297. The molecule has 0 radical (unpaired) electrons. The number of hydrogen-bond acceptors (Lipinski definition) is 5.